The van der Waals surface area contributed by atoms with Crippen molar-refractivity contribution < 1.29 is 25.8 Å². The summed E-state index contributed by atoms with van der Waals surface area (Å²) in [6, 6.07) is 0. The highest BCUT2D eigenvalue weighted by molar-refractivity contribution is 7.87. The Morgan fingerprint density at radius 2 is 1.69 bits per heavy atom. The van der Waals surface area contributed by atoms with Crippen LogP contribution < -0.4 is 0 Å². The number of fused-ring (bicyclic) bond motifs is 5. The van der Waals surface area contributed by atoms with E-state index in [4.69, 9.17) is 0 Å². The molecule has 4 aliphatic rings. The van der Waals surface area contributed by atoms with Gasteiger partial charge in [-0.1, -0.05) is 53.9 Å². The van der Waals surface area contributed by atoms with Gasteiger partial charge in [0.1, 0.15) is 5.76 Å². The van der Waals surface area contributed by atoms with Crippen LogP contribution in [0.25, 0.3) is 0 Å². The average Bonchev–Trinajstić information content (AvgIpc) is 3.10. The zero-order valence-electron chi connectivity index (χ0n) is 22.2. The van der Waals surface area contributed by atoms with Crippen LogP contribution in [-0.2, 0) is 14.3 Å². The van der Waals surface area contributed by atoms with Crippen molar-refractivity contribution in [2.24, 2.45) is 52.3 Å². The monoisotopic (exact) mass is 518 g/mol. The van der Waals surface area contributed by atoms with Gasteiger partial charge >= 0.3 is 15.6 Å². The van der Waals surface area contributed by atoms with Crippen LogP contribution in [0.5, 0.6) is 0 Å². The first-order valence-electron chi connectivity index (χ1n) is 13.9. The molecule has 35 heavy (non-hydrogen) atoms. The Balaban J connectivity index is 1.46. The zero-order valence-corrected chi connectivity index (χ0v) is 23.0. The Bertz CT molecular complexity index is 911. The third-order valence-corrected chi connectivity index (χ3v) is 12.0. The van der Waals surface area contributed by atoms with Gasteiger partial charge in [-0.2, -0.15) is 21.6 Å². The molecule has 0 amide bonds. The quantitative estimate of drug-likeness (QED) is 0.251. The van der Waals surface area contributed by atoms with Gasteiger partial charge in [0.2, 0.25) is 0 Å². The molecule has 0 aliphatic heterocycles. The van der Waals surface area contributed by atoms with Gasteiger partial charge in [0, 0.05) is 6.42 Å². The molecule has 0 N–H and O–H groups in total. The lowest BCUT2D eigenvalue weighted by Crippen LogP contribution is -2.53. The number of halogens is 3. The molecule has 0 spiro atoms. The second kappa shape index (κ2) is 9.54. The first kappa shape index (κ1) is 27.3. The summed E-state index contributed by atoms with van der Waals surface area (Å²) in [5, 5.41) is 0. The highest BCUT2D eigenvalue weighted by atomic mass is 32.2. The van der Waals surface area contributed by atoms with Crippen LogP contribution in [0.2, 0.25) is 0 Å². The van der Waals surface area contributed by atoms with Crippen LogP contribution in [0.15, 0.2) is 11.8 Å². The van der Waals surface area contributed by atoms with Crippen molar-refractivity contribution >= 4 is 10.1 Å². The Kier molecular flexibility index (Phi) is 7.45. The van der Waals surface area contributed by atoms with E-state index in [0.717, 1.165) is 36.5 Å². The Morgan fingerprint density at radius 3 is 2.34 bits per heavy atom. The maximum absolute atomic E-state index is 12.8. The van der Waals surface area contributed by atoms with Crippen molar-refractivity contribution in [3.8, 4) is 0 Å². The molecule has 0 radical (unpaired) electrons. The van der Waals surface area contributed by atoms with E-state index in [1.807, 2.05) is 0 Å². The minimum Gasteiger partial charge on any atom is -0.381 e. The molecule has 7 heteroatoms. The highest BCUT2D eigenvalue weighted by Gasteiger charge is 2.60. The van der Waals surface area contributed by atoms with E-state index in [9.17, 15) is 21.6 Å². The van der Waals surface area contributed by atoms with E-state index in [1.54, 1.807) is 6.08 Å². The Hall–Kier alpha value is -0.720. The van der Waals surface area contributed by atoms with Crippen LogP contribution in [-0.4, -0.2) is 13.9 Å². The normalized spacial score (nSPS) is 40.5. The largest absolute Gasteiger partial charge is 0.534 e. The topological polar surface area (TPSA) is 43.4 Å². The van der Waals surface area contributed by atoms with Gasteiger partial charge < -0.3 is 4.18 Å². The first-order valence-corrected chi connectivity index (χ1v) is 15.3. The molecular formula is C28H45F3O3S. The molecule has 202 valence electrons. The third kappa shape index (κ3) is 4.93. The summed E-state index contributed by atoms with van der Waals surface area (Å²) < 4.78 is 66.1. The van der Waals surface area contributed by atoms with Gasteiger partial charge in [-0.25, -0.2) is 0 Å². The maximum Gasteiger partial charge on any atom is 0.534 e. The van der Waals surface area contributed by atoms with Crippen molar-refractivity contribution in [2.45, 2.75) is 111 Å². The van der Waals surface area contributed by atoms with Crippen molar-refractivity contribution in [3.63, 3.8) is 0 Å². The van der Waals surface area contributed by atoms with E-state index < -0.39 is 15.6 Å². The minimum atomic E-state index is -5.59. The molecular weight excluding hydrogens is 473 g/mol. The predicted octanol–water partition coefficient (Wildman–Crippen LogP) is 8.47. The number of rotatable bonds is 7. The fourth-order valence-electron chi connectivity index (χ4n) is 9.13. The van der Waals surface area contributed by atoms with Crippen LogP contribution in [0.4, 0.5) is 13.2 Å². The minimum absolute atomic E-state index is 0.0138. The number of allylic oxidation sites excluding steroid dienone is 2. The molecule has 0 saturated heterocycles. The summed E-state index contributed by atoms with van der Waals surface area (Å²) >= 11 is 0. The molecule has 0 aromatic rings. The molecule has 8 atom stereocenters. The predicted molar refractivity (Wildman–Crippen MR) is 133 cm³/mol. The molecule has 3 saturated carbocycles. The van der Waals surface area contributed by atoms with Gasteiger partial charge in [-0.3, -0.25) is 0 Å². The molecule has 8 unspecified atom stereocenters. The lowest BCUT2D eigenvalue weighted by atomic mass is 9.45. The van der Waals surface area contributed by atoms with Gasteiger partial charge in [-0.15, -0.1) is 0 Å². The maximum atomic E-state index is 12.8. The lowest BCUT2D eigenvalue weighted by molar-refractivity contribution is -0.104. The molecule has 0 aromatic carbocycles. The molecule has 0 aromatic heterocycles. The highest BCUT2D eigenvalue weighted by Crippen LogP contribution is 2.68. The van der Waals surface area contributed by atoms with Crippen molar-refractivity contribution in [3.05, 3.63) is 11.8 Å². The van der Waals surface area contributed by atoms with Gasteiger partial charge in [0.05, 0.1) is 0 Å². The fourth-order valence-corrected chi connectivity index (χ4v) is 9.64. The van der Waals surface area contributed by atoms with Gasteiger partial charge in [0.25, 0.3) is 0 Å². The molecule has 4 aliphatic carbocycles. The van der Waals surface area contributed by atoms with Gasteiger partial charge in [0.15, 0.2) is 0 Å². The summed E-state index contributed by atoms with van der Waals surface area (Å²) in [6.45, 7) is 12.0. The SMILES string of the molecule is CC(C)CCCC(C)C1CCC2C3CCC4CC(OS(=O)(=O)C(F)(F)F)=CCC4(C)C3CCC12C. The third-order valence-electron chi connectivity index (χ3n) is 11.0. The Labute approximate surface area is 210 Å². The number of hydrogen-bond donors (Lipinski definition) is 0. The summed E-state index contributed by atoms with van der Waals surface area (Å²) in [7, 11) is -5.59. The van der Waals surface area contributed by atoms with Crippen LogP contribution in [0, 0.1) is 52.3 Å². The van der Waals surface area contributed by atoms with Crippen LogP contribution in [0.1, 0.15) is 105 Å². The van der Waals surface area contributed by atoms with Crippen molar-refractivity contribution in [1.82, 2.24) is 0 Å². The first-order chi connectivity index (χ1) is 16.2. The second-order valence-corrected chi connectivity index (χ2v) is 14.8. The summed E-state index contributed by atoms with van der Waals surface area (Å²) in [4.78, 5) is 0. The Morgan fingerprint density at radius 1 is 1.00 bits per heavy atom. The molecule has 4 rings (SSSR count). The van der Waals surface area contributed by atoms with E-state index in [-0.39, 0.29) is 17.1 Å². The second-order valence-electron chi connectivity index (χ2n) is 13.2. The van der Waals surface area contributed by atoms with E-state index in [1.165, 1.54) is 44.9 Å². The van der Waals surface area contributed by atoms with E-state index >= 15 is 0 Å². The summed E-state index contributed by atoms with van der Waals surface area (Å²) in [6.07, 6.45) is 13.6. The average molecular weight is 519 g/mol. The molecule has 0 bridgehead atoms. The van der Waals surface area contributed by atoms with E-state index in [2.05, 4.69) is 38.8 Å². The van der Waals surface area contributed by atoms with Crippen molar-refractivity contribution in [1.29, 1.82) is 0 Å². The molecule has 3 fully saturated rings. The molecule has 3 nitrogen and oxygen atoms in total. The smallest absolute Gasteiger partial charge is 0.381 e. The van der Waals surface area contributed by atoms with E-state index in [0.29, 0.717) is 30.1 Å². The standard InChI is InChI=1S/C28H45F3O3S/c1-18(2)7-6-8-19(3)23-11-12-24-22-10-9-20-17-21(34-35(32,33)28(29,30)31)13-15-26(20,4)25(22)14-16-27(23,24)5/h13,18-20,22-25H,6-12,14-17H2,1-5H3. The number of alkyl halides is 3. The fraction of sp³-hybridized carbons (Fsp3) is 0.929. The number of hydrogen-bond acceptors (Lipinski definition) is 3. The van der Waals surface area contributed by atoms with Crippen LogP contribution >= 0.6 is 0 Å². The molecule has 0 heterocycles. The van der Waals surface area contributed by atoms with Crippen LogP contribution in [0.3, 0.4) is 0 Å². The van der Waals surface area contributed by atoms with Gasteiger partial charge in [-0.05, 0) is 103 Å². The summed E-state index contributed by atoms with van der Waals surface area (Å²) in [5.74, 6) is 4.48. The zero-order chi connectivity index (χ0) is 25.8. The summed E-state index contributed by atoms with van der Waals surface area (Å²) in [5.41, 5.74) is -4.97. The lowest BCUT2D eigenvalue weighted by Gasteiger charge is -2.60. The van der Waals surface area contributed by atoms with Crippen molar-refractivity contribution in [2.75, 3.05) is 0 Å².